The van der Waals surface area contributed by atoms with E-state index in [2.05, 4.69) is 10.3 Å². The van der Waals surface area contributed by atoms with Crippen LogP contribution in [0.15, 0.2) is 54.6 Å². The number of aromatic nitrogens is 1. The zero-order chi connectivity index (χ0) is 15.4. The molecular weight excluding hydrogens is 295 g/mol. The minimum atomic E-state index is -0.173. The van der Waals surface area contributed by atoms with Crippen LogP contribution in [-0.4, -0.2) is 4.98 Å². The van der Waals surface area contributed by atoms with Gasteiger partial charge >= 0.3 is 0 Å². The average Bonchev–Trinajstić information content (AvgIpc) is 2.96. The van der Waals surface area contributed by atoms with Crippen LogP contribution >= 0.6 is 11.3 Å². The molecule has 0 fully saturated rings. The van der Waals surface area contributed by atoms with Gasteiger partial charge in [-0.05, 0) is 37.3 Å². The Morgan fingerprint density at radius 2 is 1.86 bits per heavy atom. The number of nitrogens with one attached hydrogen (secondary N) is 1. The van der Waals surface area contributed by atoms with Crippen LogP contribution in [0.5, 0.6) is 0 Å². The number of pyridine rings is 1. The van der Waals surface area contributed by atoms with E-state index in [4.69, 9.17) is 0 Å². The van der Waals surface area contributed by atoms with Gasteiger partial charge in [-0.15, -0.1) is 11.3 Å². The van der Waals surface area contributed by atoms with Gasteiger partial charge in [0.25, 0.3) is 0 Å². The highest BCUT2D eigenvalue weighted by Gasteiger charge is 2.07. The second-order valence-corrected chi connectivity index (χ2v) is 6.29. The third kappa shape index (κ3) is 3.59. The molecule has 0 amide bonds. The summed E-state index contributed by atoms with van der Waals surface area (Å²) in [6.45, 7) is 3.48. The zero-order valence-electron chi connectivity index (χ0n) is 12.3. The smallest absolute Gasteiger partial charge is 0.131 e. The van der Waals surface area contributed by atoms with Crippen molar-refractivity contribution in [2.24, 2.45) is 0 Å². The van der Waals surface area contributed by atoms with Crippen LogP contribution in [-0.2, 0) is 13.1 Å². The van der Waals surface area contributed by atoms with Gasteiger partial charge in [0.05, 0.1) is 5.69 Å². The molecular formula is C18H17FN2S. The lowest BCUT2D eigenvalue weighted by Gasteiger charge is -2.03. The van der Waals surface area contributed by atoms with Crippen molar-refractivity contribution in [1.29, 1.82) is 0 Å². The SMILES string of the molecule is Cc1cccc(CNCc2ccc(-c3ccccc3F)s2)n1. The first-order valence-corrected chi connectivity index (χ1v) is 8.01. The first kappa shape index (κ1) is 14.9. The molecule has 22 heavy (non-hydrogen) atoms. The van der Waals surface area contributed by atoms with Gasteiger partial charge in [0.2, 0.25) is 0 Å². The molecule has 2 aromatic heterocycles. The molecule has 0 saturated carbocycles. The van der Waals surface area contributed by atoms with E-state index in [1.54, 1.807) is 17.4 Å². The Kier molecular flexibility index (Phi) is 4.61. The van der Waals surface area contributed by atoms with E-state index in [1.807, 2.05) is 49.4 Å². The molecule has 0 unspecified atom stereocenters. The Morgan fingerprint density at radius 3 is 2.68 bits per heavy atom. The van der Waals surface area contributed by atoms with Gasteiger partial charge in [-0.2, -0.15) is 0 Å². The van der Waals surface area contributed by atoms with Crippen LogP contribution in [0.3, 0.4) is 0 Å². The fraction of sp³-hybridized carbons (Fsp3) is 0.167. The summed E-state index contributed by atoms with van der Waals surface area (Å²) in [6.07, 6.45) is 0. The van der Waals surface area contributed by atoms with Gasteiger partial charge in [-0.1, -0.05) is 24.3 Å². The fourth-order valence-electron chi connectivity index (χ4n) is 2.29. The second kappa shape index (κ2) is 6.81. The standard InChI is InChI=1S/C18H17FN2S/c1-13-5-4-6-14(21-13)11-20-12-15-9-10-18(22-15)16-7-2-3-8-17(16)19/h2-10,20H,11-12H2,1H3. The summed E-state index contributed by atoms with van der Waals surface area (Å²) in [5.41, 5.74) is 2.72. The van der Waals surface area contributed by atoms with E-state index in [9.17, 15) is 4.39 Å². The number of benzene rings is 1. The van der Waals surface area contributed by atoms with Gasteiger partial charge in [0.1, 0.15) is 5.82 Å². The Morgan fingerprint density at radius 1 is 1.00 bits per heavy atom. The largest absolute Gasteiger partial charge is 0.306 e. The monoisotopic (exact) mass is 312 g/mol. The van der Waals surface area contributed by atoms with E-state index in [1.165, 1.54) is 10.9 Å². The molecule has 0 spiro atoms. The van der Waals surface area contributed by atoms with Gasteiger partial charge in [0, 0.05) is 34.1 Å². The first-order valence-electron chi connectivity index (χ1n) is 7.19. The topological polar surface area (TPSA) is 24.9 Å². The maximum absolute atomic E-state index is 13.8. The number of halogens is 1. The highest BCUT2D eigenvalue weighted by Crippen LogP contribution is 2.29. The van der Waals surface area contributed by atoms with Crippen LogP contribution in [0.4, 0.5) is 4.39 Å². The third-order valence-corrected chi connectivity index (χ3v) is 4.47. The number of thiophene rings is 1. The molecule has 3 aromatic rings. The molecule has 0 bridgehead atoms. The number of hydrogen-bond acceptors (Lipinski definition) is 3. The van der Waals surface area contributed by atoms with Crippen molar-refractivity contribution >= 4 is 11.3 Å². The molecule has 3 rings (SSSR count). The maximum atomic E-state index is 13.8. The molecule has 0 aliphatic rings. The number of nitrogens with zero attached hydrogens (tertiary/aromatic N) is 1. The van der Waals surface area contributed by atoms with Crippen LogP contribution in [0.2, 0.25) is 0 Å². The molecule has 0 radical (unpaired) electrons. The lowest BCUT2D eigenvalue weighted by molar-refractivity contribution is 0.631. The second-order valence-electron chi connectivity index (χ2n) is 5.12. The molecule has 112 valence electrons. The summed E-state index contributed by atoms with van der Waals surface area (Å²) in [7, 11) is 0. The first-order chi connectivity index (χ1) is 10.7. The lowest BCUT2D eigenvalue weighted by atomic mass is 10.2. The van der Waals surface area contributed by atoms with Gasteiger partial charge in [-0.25, -0.2) is 4.39 Å². The van der Waals surface area contributed by atoms with E-state index in [-0.39, 0.29) is 5.82 Å². The normalized spacial score (nSPS) is 10.8. The van der Waals surface area contributed by atoms with Gasteiger partial charge in [-0.3, -0.25) is 4.98 Å². The van der Waals surface area contributed by atoms with Crippen molar-refractivity contribution < 1.29 is 4.39 Å². The van der Waals surface area contributed by atoms with E-state index in [0.29, 0.717) is 5.56 Å². The molecule has 1 aromatic carbocycles. The molecule has 2 heterocycles. The highest BCUT2D eigenvalue weighted by molar-refractivity contribution is 7.15. The molecule has 1 N–H and O–H groups in total. The summed E-state index contributed by atoms with van der Waals surface area (Å²) >= 11 is 1.62. The Balaban J connectivity index is 1.62. The molecule has 0 aliphatic heterocycles. The Labute approximate surface area is 133 Å². The van der Waals surface area contributed by atoms with E-state index >= 15 is 0 Å². The molecule has 0 atom stereocenters. The van der Waals surface area contributed by atoms with E-state index in [0.717, 1.165) is 29.4 Å². The molecule has 4 heteroatoms. The summed E-state index contributed by atoms with van der Waals surface area (Å²) < 4.78 is 13.8. The summed E-state index contributed by atoms with van der Waals surface area (Å²) in [4.78, 5) is 6.61. The summed E-state index contributed by atoms with van der Waals surface area (Å²) in [5.74, 6) is -0.173. The van der Waals surface area contributed by atoms with Crippen LogP contribution in [0, 0.1) is 12.7 Å². The highest BCUT2D eigenvalue weighted by atomic mass is 32.1. The van der Waals surface area contributed by atoms with Crippen LogP contribution in [0.25, 0.3) is 10.4 Å². The summed E-state index contributed by atoms with van der Waals surface area (Å²) in [6, 6.07) is 16.9. The van der Waals surface area contributed by atoms with Crippen molar-refractivity contribution in [2.45, 2.75) is 20.0 Å². The predicted octanol–water partition coefficient (Wildman–Crippen LogP) is 4.55. The Bertz CT molecular complexity index is 767. The number of hydrogen-bond donors (Lipinski definition) is 1. The number of aryl methyl sites for hydroxylation is 1. The summed E-state index contributed by atoms with van der Waals surface area (Å²) in [5, 5.41) is 3.38. The molecule has 0 aliphatic carbocycles. The van der Waals surface area contributed by atoms with Crippen molar-refractivity contribution in [1.82, 2.24) is 10.3 Å². The minimum absolute atomic E-state index is 0.173. The van der Waals surface area contributed by atoms with Gasteiger partial charge in [0.15, 0.2) is 0 Å². The third-order valence-electron chi connectivity index (χ3n) is 3.35. The zero-order valence-corrected chi connectivity index (χ0v) is 13.2. The van der Waals surface area contributed by atoms with Crippen molar-refractivity contribution in [3.63, 3.8) is 0 Å². The van der Waals surface area contributed by atoms with Crippen LogP contribution in [0.1, 0.15) is 16.3 Å². The van der Waals surface area contributed by atoms with Crippen LogP contribution < -0.4 is 5.32 Å². The predicted molar refractivity (Wildman–Crippen MR) is 89.2 cm³/mol. The Hall–Kier alpha value is -2.04. The van der Waals surface area contributed by atoms with E-state index < -0.39 is 0 Å². The van der Waals surface area contributed by atoms with Crippen molar-refractivity contribution in [3.05, 3.63) is 76.7 Å². The van der Waals surface area contributed by atoms with Crippen molar-refractivity contribution in [3.8, 4) is 10.4 Å². The quantitative estimate of drug-likeness (QED) is 0.748. The minimum Gasteiger partial charge on any atom is -0.306 e. The lowest BCUT2D eigenvalue weighted by Crippen LogP contribution is -2.12. The average molecular weight is 312 g/mol. The number of rotatable bonds is 5. The van der Waals surface area contributed by atoms with Crippen molar-refractivity contribution in [2.75, 3.05) is 0 Å². The fourth-order valence-corrected chi connectivity index (χ4v) is 3.29. The molecule has 0 saturated heterocycles. The van der Waals surface area contributed by atoms with Gasteiger partial charge < -0.3 is 5.32 Å². The maximum Gasteiger partial charge on any atom is 0.131 e. The molecule has 2 nitrogen and oxygen atoms in total.